The molecule has 4 aliphatic carbocycles. The first-order chi connectivity index (χ1) is 12.5. The minimum Gasteiger partial charge on any atom is -0.483 e. The molecular formula is C22H29NO3. The third-order valence-electron chi connectivity index (χ3n) is 6.79. The van der Waals surface area contributed by atoms with E-state index in [-0.39, 0.29) is 12.5 Å². The zero-order valence-electron chi connectivity index (χ0n) is 15.8. The molecule has 1 aromatic carbocycles. The van der Waals surface area contributed by atoms with E-state index in [1.807, 2.05) is 13.8 Å². The number of carbonyl (C=O) groups excluding carboxylic acids is 2. The van der Waals surface area contributed by atoms with Crippen LogP contribution in [0, 0.1) is 37.0 Å². The van der Waals surface area contributed by atoms with Gasteiger partial charge in [0, 0.05) is 12.1 Å². The summed E-state index contributed by atoms with van der Waals surface area (Å²) in [6.45, 7) is 4.65. The Morgan fingerprint density at radius 2 is 1.65 bits per heavy atom. The summed E-state index contributed by atoms with van der Waals surface area (Å²) in [6, 6.07) is 3.59. The van der Waals surface area contributed by atoms with Crippen LogP contribution >= 0.6 is 0 Å². The topological polar surface area (TPSA) is 55.4 Å². The summed E-state index contributed by atoms with van der Waals surface area (Å²) < 4.78 is 5.77. The van der Waals surface area contributed by atoms with Gasteiger partial charge in [-0.3, -0.25) is 9.59 Å². The zero-order chi connectivity index (χ0) is 18.3. The van der Waals surface area contributed by atoms with Gasteiger partial charge in [0.15, 0.2) is 6.61 Å². The summed E-state index contributed by atoms with van der Waals surface area (Å²) >= 11 is 0. The molecule has 1 amide bonds. The predicted molar refractivity (Wildman–Crippen MR) is 100 cm³/mol. The molecule has 1 aromatic rings. The lowest BCUT2D eigenvalue weighted by atomic mass is 9.49. The third kappa shape index (κ3) is 3.38. The molecular weight excluding hydrogens is 326 g/mol. The van der Waals surface area contributed by atoms with Crippen LogP contribution in [0.3, 0.4) is 0 Å². The number of hydrogen-bond donors (Lipinski definition) is 1. The van der Waals surface area contributed by atoms with Crippen molar-refractivity contribution >= 4 is 12.2 Å². The summed E-state index contributed by atoms with van der Waals surface area (Å²) in [5, 5.41) is 3.15. The van der Waals surface area contributed by atoms with Crippen molar-refractivity contribution in [1.82, 2.24) is 5.32 Å². The van der Waals surface area contributed by atoms with Crippen LogP contribution in [0.5, 0.6) is 5.75 Å². The van der Waals surface area contributed by atoms with Crippen LogP contribution in [0.25, 0.3) is 0 Å². The summed E-state index contributed by atoms with van der Waals surface area (Å²) in [7, 11) is 0. The van der Waals surface area contributed by atoms with Crippen LogP contribution in [0.4, 0.5) is 0 Å². The highest BCUT2D eigenvalue weighted by Crippen LogP contribution is 2.59. The minimum absolute atomic E-state index is 0.0362. The monoisotopic (exact) mass is 355 g/mol. The third-order valence-corrected chi connectivity index (χ3v) is 6.79. The Kier molecular flexibility index (Phi) is 4.54. The van der Waals surface area contributed by atoms with Gasteiger partial charge in [0.05, 0.1) is 0 Å². The molecule has 0 unspecified atom stereocenters. The van der Waals surface area contributed by atoms with Gasteiger partial charge in [0.2, 0.25) is 0 Å². The van der Waals surface area contributed by atoms with E-state index >= 15 is 0 Å². The second-order valence-corrected chi connectivity index (χ2v) is 9.08. The van der Waals surface area contributed by atoms with E-state index in [2.05, 4.69) is 5.32 Å². The van der Waals surface area contributed by atoms with E-state index < -0.39 is 0 Å². The molecule has 5 rings (SSSR count). The number of aldehydes is 1. The zero-order valence-corrected chi connectivity index (χ0v) is 15.8. The van der Waals surface area contributed by atoms with Crippen LogP contribution in [0.2, 0.25) is 0 Å². The average molecular weight is 355 g/mol. The fourth-order valence-corrected chi connectivity index (χ4v) is 6.26. The van der Waals surface area contributed by atoms with E-state index in [1.165, 1.54) is 38.5 Å². The number of aryl methyl sites for hydroxylation is 2. The molecule has 140 valence electrons. The maximum absolute atomic E-state index is 12.4. The molecule has 4 fully saturated rings. The van der Waals surface area contributed by atoms with Crippen molar-refractivity contribution in [1.29, 1.82) is 0 Å². The van der Waals surface area contributed by atoms with Crippen molar-refractivity contribution in [2.45, 2.75) is 52.4 Å². The first-order valence-electron chi connectivity index (χ1n) is 9.92. The summed E-state index contributed by atoms with van der Waals surface area (Å²) in [5.74, 6) is 3.36. The minimum atomic E-state index is -0.0426. The maximum Gasteiger partial charge on any atom is 0.257 e. The van der Waals surface area contributed by atoms with Crippen LogP contribution in [0.15, 0.2) is 12.1 Å². The smallest absolute Gasteiger partial charge is 0.257 e. The number of ether oxygens (including phenoxy) is 1. The second-order valence-electron chi connectivity index (χ2n) is 9.08. The van der Waals surface area contributed by atoms with Gasteiger partial charge in [-0.2, -0.15) is 0 Å². The van der Waals surface area contributed by atoms with Gasteiger partial charge >= 0.3 is 0 Å². The largest absolute Gasteiger partial charge is 0.483 e. The van der Waals surface area contributed by atoms with E-state index in [4.69, 9.17) is 4.74 Å². The van der Waals surface area contributed by atoms with E-state index in [1.54, 1.807) is 12.1 Å². The highest BCUT2D eigenvalue weighted by atomic mass is 16.5. The summed E-state index contributed by atoms with van der Waals surface area (Å²) in [4.78, 5) is 23.3. The molecule has 4 bridgehead atoms. The molecule has 0 aliphatic heterocycles. The molecule has 4 aliphatic rings. The molecule has 0 saturated heterocycles. The molecule has 0 spiro atoms. The molecule has 4 nitrogen and oxygen atoms in total. The average Bonchev–Trinajstić information content (AvgIpc) is 2.58. The van der Waals surface area contributed by atoms with Crippen molar-refractivity contribution in [2.75, 3.05) is 13.2 Å². The Bertz CT molecular complexity index is 666. The van der Waals surface area contributed by atoms with E-state index in [9.17, 15) is 9.59 Å². The van der Waals surface area contributed by atoms with Crippen LogP contribution < -0.4 is 10.1 Å². The Morgan fingerprint density at radius 3 is 2.15 bits per heavy atom. The molecule has 0 atom stereocenters. The van der Waals surface area contributed by atoms with Crippen LogP contribution in [0.1, 0.15) is 60.0 Å². The predicted octanol–water partition coefficient (Wildman–Crippen LogP) is 3.83. The summed E-state index contributed by atoms with van der Waals surface area (Å²) in [6.07, 6.45) is 8.99. The van der Waals surface area contributed by atoms with Gasteiger partial charge in [0.1, 0.15) is 12.0 Å². The van der Waals surface area contributed by atoms with Crippen molar-refractivity contribution in [2.24, 2.45) is 23.2 Å². The van der Waals surface area contributed by atoms with E-state index in [0.717, 1.165) is 41.7 Å². The van der Waals surface area contributed by atoms with Crippen molar-refractivity contribution < 1.29 is 14.3 Å². The molecule has 0 aromatic heterocycles. The highest BCUT2D eigenvalue weighted by molar-refractivity contribution is 5.78. The molecule has 0 radical (unpaired) electrons. The molecule has 4 heteroatoms. The van der Waals surface area contributed by atoms with Gasteiger partial charge in [-0.25, -0.2) is 0 Å². The number of carbonyl (C=O) groups is 2. The first-order valence-corrected chi connectivity index (χ1v) is 9.92. The number of hydrogen-bond acceptors (Lipinski definition) is 3. The van der Waals surface area contributed by atoms with Gasteiger partial charge < -0.3 is 10.1 Å². The Hall–Kier alpha value is -1.84. The first kappa shape index (κ1) is 17.6. The van der Waals surface area contributed by atoms with Crippen molar-refractivity contribution in [3.8, 4) is 5.75 Å². The molecule has 4 saturated carbocycles. The fourth-order valence-electron chi connectivity index (χ4n) is 6.26. The lowest BCUT2D eigenvalue weighted by Crippen LogP contribution is -2.51. The normalized spacial score (nSPS) is 31.7. The van der Waals surface area contributed by atoms with Crippen molar-refractivity contribution in [3.63, 3.8) is 0 Å². The van der Waals surface area contributed by atoms with E-state index in [0.29, 0.717) is 16.7 Å². The highest BCUT2D eigenvalue weighted by Gasteiger charge is 2.50. The lowest BCUT2D eigenvalue weighted by molar-refractivity contribution is -0.125. The Morgan fingerprint density at radius 1 is 1.12 bits per heavy atom. The Labute approximate surface area is 155 Å². The van der Waals surface area contributed by atoms with Gasteiger partial charge in [-0.1, -0.05) is 0 Å². The number of amides is 1. The molecule has 26 heavy (non-hydrogen) atoms. The van der Waals surface area contributed by atoms with Gasteiger partial charge in [-0.05, 0) is 98.8 Å². The second kappa shape index (κ2) is 6.71. The van der Waals surface area contributed by atoms with Crippen LogP contribution in [-0.2, 0) is 4.79 Å². The molecule has 0 heterocycles. The quantitative estimate of drug-likeness (QED) is 0.789. The number of nitrogens with one attached hydrogen (secondary N) is 1. The van der Waals surface area contributed by atoms with Gasteiger partial charge in [-0.15, -0.1) is 0 Å². The Balaban J connectivity index is 1.32. The molecule has 1 N–H and O–H groups in total. The lowest BCUT2D eigenvalue weighted by Gasteiger charge is -2.56. The number of benzene rings is 1. The SMILES string of the molecule is Cc1cc(C=O)cc(C)c1OCC(=O)NCC12CC3CC(CC(C3)C1)C2. The standard InChI is InChI=1S/C22H29NO3/c1-14-3-19(11-24)4-15(2)21(14)26-12-20(25)23-13-22-8-16-5-17(9-22)7-18(6-16)10-22/h3-4,11,16-18H,5-10,12-13H2,1-2H3,(H,23,25). The van der Waals surface area contributed by atoms with Gasteiger partial charge in [0.25, 0.3) is 5.91 Å². The fraction of sp³-hybridized carbons (Fsp3) is 0.636. The van der Waals surface area contributed by atoms with Crippen LogP contribution in [-0.4, -0.2) is 25.3 Å². The maximum atomic E-state index is 12.4. The number of rotatable bonds is 6. The van der Waals surface area contributed by atoms with Crippen molar-refractivity contribution in [3.05, 3.63) is 28.8 Å². The summed E-state index contributed by atoms with van der Waals surface area (Å²) in [5.41, 5.74) is 2.77.